The molecule has 208 valence electrons. The largest absolute Gasteiger partial charge is 0.350 e. The molecule has 0 aliphatic carbocycles. The molecule has 0 spiro atoms. The summed E-state index contributed by atoms with van der Waals surface area (Å²) in [7, 11) is 0. The normalized spacial score (nSPS) is 22.5. The molecule has 1 unspecified atom stereocenters. The van der Waals surface area contributed by atoms with Gasteiger partial charge in [0.2, 0.25) is 11.8 Å². The molecule has 2 saturated heterocycles. The summed E-state index contributed by atoms with van der Waals surface area (Å²) in [4.78, 5) is 31.6. The first-order valence-corrected chi connectivity index (χ1v) is 14.1. The van der Waals surface area contributed by atoms with Crippen molar-refractivity contribution in [2.75, 3.05) is 13.1 Å². The maximum absolute atomic E-state index is 13.9. The van der Waals surface area contributed by atoms with Crippen molar-refractivity contribution in [3.8, 4) is 0 Å². The Bertz CT molecular complexity index is 1080. The Balaban J connectivity index is 0.00000400. The molecule has 2 amide bonds. The smallest absolute Gasteiger partial charge is 0.243 e. The number of nitrogens with two attached hydrogens (primary N) is 1. The maximum atomic E-state index is 13.9. The molecule has 2 fully saturated rings. The van der Waals surface area contributed by atoms with E-state index in [1.54, 1.807) is 12.1 Å². The van der Waals surface area contributed by atoms with Crippen molar-refractivity contribution in [2.45, 2.75) is 76.7 Å². The molecular formula is C29H39Cl3N4O2. The topological polar surface area (TPSA) is 78.7 Å². The molecule has 0 bridgehead atoms. The molecule has 2 aliphatic heterocycles. The number of amides is 2. The number of nitrogens with zero attached hydrogens (tertiary/aromatic N) is 2. The Morgan fingerprint density at radius 3 is 2.53 bits per heavy atom. The van der Waals surface area contributed by atoms with Crippen LogP contribution in [-0.4, -0.2) is 58.9 Å². The minimum atomic E-state index is -0.526. The molecule has 9 heteroatoms. The van der Waals surface area contributed by atoms with Gasteiger partial charge in [0, 0.05) is 31.7 Å². The van der Waals surface area contributed by atoms with Gasteiger partial charge in [0.25, 0.3) is 0 Å². The average molecular weight is 582 g/mol. The molecule has 6 nitrogen and oxygen atoms in total. The van der Waals surface area contributed by atoms with E-state index < -0.39 is 6.04 Å². The summed E-state index contributed by atoms with van der Waals surface area (Å²) in [5, 5.41) is 3.97. The van der Waals surface area contributed by atoms with Crippen molar-refractivity contribution in [1.82, 2.24) is 15.1 Å². The Hall–Kier alpha value is -1.83. The number of carbonyl (C=O) groups is 2. The van der Waals surface area contributed by atoms with Gasteiger partial charge < -0.3 is 16.0 Å². The van der Waals surface area contributed by atoms with Crippen LogP contribution in [0, 0.1) is 5.92 Å². The van der Waals surface area contributed by atoms with Crippen molar-refractivity contribution < 1.29 is 9.59 Å². The maximum Gasteiger partial charge on any atom is 0.243 e. The van der Waals surface area contributed by atoms with Crippen LogP contribution >= 0.6 is 35.6 Å². The lowest BCUT2D eigenvalue weighted by molar-refractivity contribution is -0.143. The van der Waals surface area contributed by atoms with Gasteiger partial charge in [-0.05, 0) is 61.3 Å². The SMILES string of the molecule is CC(C)C[C@H](C(=O)NCc1ccc(Cl)c(Cl)c1)N1CCC(CCc2ccccc2)N2C[C@H](N)C[C@H]2C1=O.Cl. The second-order valence-corrected chi connectivity index (χ2v) is 11.6. The summed E-state index contributed by atoms with van der Waals surface area (Å²) in [6.45, 7) is 5.79. The van der Waals surface area contributed by atoms with Crippen LogP contribution in [0.2, 0.25) is 10.0 Å². The third-order valence-electron chi connectivity index (χ3n) is 7.55. The van der Waals surface area contributed by atoms with Gasteiger partial charge in [-0.2, -0.15) is 0 Å². The van der Waals surface area contributed by atoms with Gasteiger partial charge in [0.15, 0.2) is 0 Å². The van der Waals surface area contributed by atoms with E-state index in [0.29, 0.717) is 36.0 Å². The van der Waals surface area contributed by atoms with E-state index in [-0.39, 0.29) is 48.3 Å². The van der Waals surface area contributed by atoms with Crippen LogP contribution in [0.25, 0.3) is 0 Å². The highest BCUT2D eigenvalue weighted by Crippen LogP contribution is 2.30. The number of carbonyl (C=O) groups excluding carboxylic acids is 2. The number of nitrogens with one attached hydrogen (secondary N) is 1. The first kappa shape index (κ1) is 30.7. The zero-order valence-corrected chi connectivity index (χ0v) is 24.4. The second kappa shape index (κ2) is 14.0. The van der Waals surface area contributed by atoms with E-state index in [4.69, 9.17) is 28.9 Å². The van der Waals surface area contributed by atoms with Crippen LogP contribution in [-0.2, 0) is 22.6 Å². The van der Waals surface area contributed by atoms with Crippen molar-refractivity contribution >= 4 is 47.4 Å². The lowest BCUT2D eigenvalue weighted by Gasteiger charge is -2.33. The fraction of sp³-hybridized carbons (Fsp3) is 0.517. The molecule has 0 saturated carbocycles. The molecule has 38 heavy (non-hydrogen) atoms. The van der Waals surface area contributed by atoms with Gasteiger partial charge in [-0.1, -0.05) is 73.4 Å². The lowest BCUT2D eigenvalue weighted by Crippen LogP contribution is -2.53. The van der Waals surface area contributed by atoms with E-state index >= 15 is 0 Å². The first-order valence-electron chi connectivity index (χ1n) is 13.3. The number of rotatable bonds is 9. The highest BCUT2D eigenvalue weighted by Gasteiger charge is 2.45. The van der Waals surface area contributed by atoms with Gasteiger partial charge in [-0.15, -0.1) is 12.4 Å². The standard InChI is InChI=1S/C29H38Cl2N4O2.ClH/c1-19(2)14-26(28(36)33-17-21-9-11-24(30)25(31)15-21)34-13-12-23(10-8-20-6-4-3-5-7-20)35-18-22(32)16-27(35)29(34)37;/h3-7,9,11,15,19,22-23,26-27H,8,10,12-14,16-18,32H2,1-2H3,(H,33,36);1H/t22-,23?,26-,27+;/m1./s1. The third-order valence-corrected chi connectivity index (χ3v) is 8.28. The van der Waals surface area contributed by atoms with Crippen molar-refractivity contribution in [3.05, 3.63) is 69.7 Å². The Kier molecular flexibility index (Phi) is 11.3. The summed E-state index contributed by atoms with van der Waals surface area (Å²) >= 11 is 12.2. The van der Waals surface area contributed by atoms with Crippen molar-refractivity contribution in [3.63, 3.8) is 0 Å². The molecule has 2 aromatic carbocycles. The number of aryl methyl sites for hydroxylation is 1. The van der Waals surface area contributed by atoms with E-state index in [2.05, 4.69) is 48.3 Å². The van der Waals surface area contributed by atoms with Crippen molar-refractivity contribution in [1.29, 1.82) is 0 Å². The second-order valence-electron chi connectivity index (χ2n) is 10.8. The molecule has 2 aliphatic rings. The van der Waals surface area contributed by atoms with E-state index in [1.165, 1.54) is 5.56 Å². The molecule has 0 aromatic heterocycles. The predicted octanol–water partition coefficient (Wildman–Crippen LogP) is 5.08. The van der Waals surface area contributed by atoms with Gasteiger partial charge in [0.1, 0.15) is 6.04 Å². The van der Waals surface area contributed by atoms with E-state index in [9.17, 15) is 9.59 Å². The highest BCUT2D eigenvalue weighted by molar-refractivity contribution is 6.42. The van der Waals surface area contributed by atoms with Gasteiger partial charge in [-0.3, -0.25) is 14.5 Å². The average Bonchev–Trinajstić information content (AvgIpc) is 3.22. The monoisotopic (exact) mass is 580 g/mol. The molecule has 3 N–H and O–H groups in total. The lowest BCUT2D eigenvalue weighted by atomic mass is 9.99. The summed E-state index contributed by atoms with van der Waals surface area (Å²) in [6.07, 6.45) is 3.99. The van der Waals surface area contributed by atoms with Crippen LogP contribution in [0.3, 0.4) is 0 Å². The molecule has 2 aromatic rings. The van der Waals surface area contributed by atoms with E-state index in [1.807, 2.05) is 17.0 Å². The zero-order chi connectivity index (χ0) is 26.5. The Labute approximate surface area is 242 Å². The fourth-order valence-electron chi connectivity index (χ4n) is 5.67. The number of fused-ring (bicyclic) bond motifs is 1. The number of halogens is 3. The number of hydrogen-bond donors (Lipinski definition) is 2. The van der Waals surface area contributed by atoms with Crippen LogP contribution in [0.4, 0.5) is 0 Å². The van der Waals surface area contributed by atoms with Crippen LogP contribution in [0.15, 0.2) is 48.5 Å². The van der Waals surface area contributed by atoms with Gasteiger partial charge in [-0.25, -0.2) is 0 Å². The minimum Gasteiger partial charge on any atom is -0.350 e. The summed E-state index contributed by atoms with van der Waals surface area (Å²) in [5.41, 5.74) is 8.53. The summed E-state index contributed by atoms with van der Waals surface area (Å²) in [5.74, 6) is 0.155. The predicted molar refractivity (Wildman–Crippen MR) is 157 cm³/mol. The molecule has 4 rings (SSSR count). The zero-order valence-electron chi connectivity index (χ0n) is 22.1. The van der Waals surface area contributed by atoms with E-state index in [0.717, 1.165) is 31.4 Å². The summed E-state index contributed by atoms with van der Waals surface area (Å²) in [6, 6.07) is 15.2. The highest BCUT2D eigenvalue weighted by atomic mass is 35.5. The Morgan fingerprint density at radius 2 is 1.84 bits per heavy atom. The summed E-state index contributed by atoms with van der Waals surface area (Å²) < 4.78 is 0. The van der Waals surface area contributed by atoms with Gasteiger partial charge in [0.05, 0.1) is 16.1 Å². The molecule has 0 radical (unpaired) electrons. The number of hydrogen-bond acceptors (Lipinski definition) is 4. The van der Waals surface area contributed by atoms with Gasteiger partial charge >= 0.3 is 0 Å². The van der Waals surface area contributed by atoms with Crippen LogP contribution in [0.1, 0.15) is 50.7 Å². The van der Waals surface area contributed by atoms with Crippen LogP contribution < -0.4 is 11.1 Å². The third kappa shape index (κ3) is 7.64. The van der Waals surface area contributed by atoms with Crippen LogP contribution in [0.5, 0.6) is 0 Å². The van der Waals surface area contributed by atoms with Crippen molar-refractivity contribution in [2.24, 2.45) is 11.7 Å². The quantitative estimate of drug-likeness (QED) is 0.433. The molecular weight excluding hydrogens is 543 g/mol. The fourth-order valence-corrected chi connectivity index (χ4v) is 5.99. The minimum absolute atomic E-state index is 0. The number of benzene rings is 2. The first-order chi connectivity index (χ1) is 17.7. The Morgan fingerprint density at radius 1 is 1.11 bits per heavy atom. The molecule has 4 atom stereocenters. The molecule has 2 heterocycles.